The fourth-order valence-electron chi connectivity index (χ4n) is 2.61. The van der Waals surface area contributed by atoms with Crippen molar-refractivity contribution < 1.29 is 4.74 Å². The maximum absolute atomic E-state index is 6.04. The SMILES string of the molecule is CCc1cnc(N2CCC(OCc3ccccc3)CC2)s1. The molecule has 0 bridgehead atoms. The molecule has 0 aliphatic carbocycles. The molecule has 1 saturated heterocycles. The van der Waals surface area contributed by atoms with Crippen LogP contribution in [0.1, 0.15) is 30.2 Å². The molecular formula is C17H22N2OS. The van der Waals surface area contributed by atoms with Crippen LogP contribution in [0.2, 0.25) is 0 Å². The lowest BCUT2D eigenvalue weighted by atomic mass is 10.1. The standard InChI is InChI=1S/C17H22N2OS/c1-2-16-12-18-17(21-16)19-10-8-15(9-11-19)20-13-14-6-4-3-5-7-14/h3-7,12,15H,2,8-11,13H2,1H3. The van der Waals surface area contributed by atoms with Gasteiger partial charge >= 0.3 is 0 Å². The van der Waals surface area contributed by atoms with E-state index >= 15 is 0 Å². The first-order valence-electron chi connectivity index (χ1n) is 7.70. The summed E-state index contributed by atoms with van der Waals surface area (Å²) in [6, 6.07) is 10.4. The predicted octanol–water partition coefficient (Wildman–Crippen LogP) is 3.89. The van der Waals surface area contributed by atoms with Crippen LogP contribution in [-0.2, 0) is 17.8 Å². The van der Waals surface area contributed by atoms with Crippen LogP contribution in [0.15, 0.2) is 36.5 Å². The molecular weight excluding hydrogens is 280 g/mol. The van der Waals surface area contributed by atoms with Crippen molar-refractivity contribution in [3.05, 3.63) is 47.0 Å². The Balaban J connectivity index is 1.46. The Morgan fingerprint density at radius 3 is 2.67 bits per heavy atom. The van der Waals surface area contributed by atoms with Gasteiger partial charge in [0.25, 0.3) is 0 Å². The van der Waals surface area contributed by atoms with Crippen LogP contribution in [0.5, 0.6) is 0 Å². The summed E-state index contributed by atoms with van der Waals surface area (Å²) < 4.78 is 6.04. The van der Waals surface area contributed by atoms with E-state index in [1.807, 2.05) is 23.6 Å². The van der Waals surface area contributed by atoms with E-state index in [1.54, 1.807) is 0 Å². The number of anilines is 1. The van der Waals surface area contributed by atoms with E-state index in [1.165, 1.54) is 15.6 Å². The van der Waals surface area contributed by atoms with E-state index in [0.29, 0.717) is 6.10 Å². The second-order valence-electron chi connectivity index (χ2n) is 5.45. The zero-order valence-electron chi connectivity index (χ0n) is 12.5. The number of hydrogen-bond acceptors (Lipinski definition) is 4. The average molecular weight is 302 g/mol. The molecule has 2 aromatic rings. The Kier molecular flexibility index (Phi) is 4.88. The van der Waals surface area contributed by atoms with Gasteiger partial charge in [0, 0.05) is 24.2 Å². The molecule has 21 heavy (non-hydrogen) atoms. The summed E-state index contributed by atoms with van der Waals surface area (Å²) in [5, 5.41) is 1.17. The van der Waals surface area contributed by atoms with Gasteiger partial charge in [-0.3, -0.25) is 0 Å². The summed E-state index contributed by atoms with van der Waals surface area (Å²) in [4.78, 5) is 8.30. The van der Waals surface area contributed by atoms with Crippen molar-refractivity contribution in [3.8, 4) is 0 Å². The third kappa shape index (κ3) is 3.83. The van der Waals surface area contributed by atoms with E-state index in [-0.39, 0.29) is 0 Å². The van der Waals surface area contributed by atoms with Gasteiger partial charge in [-0.15, -0.1) is 11.3 Å². The lowest BCUT2D eigenvalue weighted by molar-refractivity contribution is 0.0251. The molecule has 0 radical (unpaired) electrons. The molecule has 0 unspecified atom stereocenters. The molecule has 0 spiro atoms. The number of aryl methyl sites for hydroxylation is 1. The smallest absolute Gasteiger partial charge is 0.185 e. The van der Waals surface area contributed by atoms with Crippen LogP contribution in [0.4, 0.5) is 5.13 Å². The van der Waals surface area contributed by atoms with Crippen molar-refractivity contribution in [1.29, 1.82) is 0 Å². The summed E-state index contributed by atoms with van der Waals surface area (Å²) >= 11 is 1.82. The summed E-state index contributed by atoms with van der Waals surface area (Å²) in [5.74, 6) is 0. The van der Waals surface area contributed by atoms with E-state index in [2.05, 4.69) is 41.1 Å². The molecule has 2 heterocycles. The van der Waals surface area contributed by atoms with Crippen molar-refractivity contribution in [2.75, 3.05) is 18.0 Å². The Hall–Kier alpha value is -1.39. The van der Waals surface area contributed by atoms with E-state index in [9.17, 15) is 0 Å². The van der Waals surface area contributed by atoms with Crippen LogP contribution in [0.3, 0.4) is 0 Å². The monoisotopic (exact) mass is 302 g/mol. The average Bonchev–Trinajstić information content (AvgIpc) is 3.03. The quantitative estimate of drug-likeness (QED) is 0.838. The van der Waals surface area contributed by atoms with Crippen LogP contribution >= 0.6 is 11.3 Å². The van der Waals surface area contributed by atoms with E-state index < -0.39 is 0 Å². The Bertz CT molecular complexity index is 547. The minimum Gasteiger partial charge on any atom is -0.373 e. The van der Waals surface area contributed by atoms with Crippen LogP contribution in [0, 0.1) is 0 Å². The number of piperidine rings is 1. The molecule has 3 nitrogen and oxygen atoms in total. The maximum atomic E-state index is 6.04. The second kappa shape index (κ2) is 7.05. The van der Waals surface area contributed by atoms with Gasteiger partial charge < -0.3 is 9.64 Å². The van der Waals surface area contributed by atoms with Gasteiger partial charge in [-0.2, -0.15) is 0 Å². The Morgan fingerprint density at radius 1 is 1.24 bits per heavy atom. The molecule has 1 aromatic heterocycles. The van der Waals surface area contributed by atoms with Gasteiger partial charge in [0.05, 0.1) is 12.7 Å². The normalized spacial score (nSPS) is 16.3. The molecule has 0 atom stereocenters. The fraction of sp³-hybridized carbons (Fsp3) is 0.471. The lowest BCUT2D eigenvalue weighted by Crippen LogP contribution is -2.36. The van der Waals surface area contributed by atoms with Crippen molar-refractivity contribution in [2.24, 2.45) is 0 Å². The van der Waals surface area contributed by atoms with Gasteiger partial charge in [-0.1, -0.05) is 37.3 Å². The maximum Gasteiger partial charge on any atom is 0.185 e. The number of ether oxygens (including phenoxy) is 1. The van der Waals surface area contributed by atoms with Crippen molar-refractivity contribution in [1.82, 2.24) is 4.98 Å². The molecule has 1 aromatic carbocycles. The van der Waals surface area contributed by atoms with Gasteiger partial charge in [-0.05, 0) is 24.8 Å². The van der Waals surface area contributed by atoms with E-state index in [0.717, 1.165) is 39.0 Å². The van der Waals surface area contributed by atoms with Crippen LogP contribution < -0.4 is 4.90 Å². The van der Waals surface area contributed by atoms with Crippen LogP contribution in [-0.4, -0.2) is 24.2 Å². The molecule has 0 N–H and O–H groups in total. The Morgan fingerprint density at radius 2 is 2.00 bits per heavy atom. The third-order valence-electron chi connectivity index (χ3n) is 3.93. The number of rotatable bonds is 5. The van der Waals surface area contributed by atoms with E-state index in [4.69, 9.17) is 4.74 Å². The number of aromatic nitrogens is 1. The zero-order chi connectivity index (χ0) is 14.5. The second-order valence-corrected chi connectivity index (χ2v) is 6.54. The highest BCUT2D eigenvalue weighted by Gasteiger charge is 2.21. The summed E-state index contributed by atoms with van der Waals surface area (Å²) in [7, 11) is 0. The number of nitrogens with zero attached hydrogens (tertiary/aromatic N) is 2. The molecule has 0 saturated carbocycles. The molecule has 112 valence electrons. The molecule has 1 fully saturated rings. The molecule has 4 heteroatoms. The largest absolute Gasteiger partial charge is 0.373 e. The van der Waals surface area contributed by atoms with Gasteiger partial charge in [0.2, 0.25) is 0 Å². The highest BCUT2D eigenvalue weighted by atomic mass is 32.1. The molecule has 3 rings (SSSR count). The zero-order valence-corrected chi connectivity index (χ0v) is 13.3. The summed E-state index contributed by atoms with van der Waals surface area (Å²) in [6.45, 7) is 5.01. The fourth-order valence-corrected chi connectivity index (χ4v) is 3.51. The summed E-state index contributed by atoms with van der Waals surface area (Å²) in [5.41, 5.74) is 1.26. The highest BCUT2D eigenvalue weighted by Crippen LogP contribution is 2.26. The number of benzene rings is 1. The molecule has 0 amide bonds. The van der Waals surface area contributed by atoms with Gasteiger partial charge in [0.1, 0.15) is 0 Å². The topological polar surface area (TPSA) is 25.4 Å². The highest BCUT2D eigenvalue weighted by molar-refractivity contribution is 7.15. The Labute approximate surface area is 130 Å². The van der Waals surface area contributed by atoms with Gasteiger partial charge in [0.15, 0.2) is 5.13 Å². The first-order valence-corrected chi connectivity index (χ1v) is 8.52. The third-order valence-corrected chi connectivity index (χ3v) is 5.13. The minimum absolute atomic E-state index is 0.382. The first kappa shape index (κ1) is 14.5. The lowest BCUT2D eigenvalue weighted by Gasteiger charge is -2.31. The van der Waals surface area contributed by atoms with Crippen molar-refractivity contribution in [3.63, 3.8) is 0 Å². The number of hydrogen-bond donors (Lipinski definition) is 0. The van der Waals surface area contributed by atoms with Crippen LogP contribution in [0.25, 0.3) is 0 Å². The van der Waals surface area contributed by atoms with Gasteiger partial charge in [-0.25, -0.2) is 4.98 Å². The summed E-state index contributed by atoms with van der Waals surface area (Å²) in [6.07, 6.45) is 5.65. The first-order chi connectivity index (χ1) is 10.3. The number of thiazole rings is 1. The predicted molar refractivity (Wildman–Crippen MR) is 88.0 cm³/mol. The van der Waals surface area contributed by atoms with Crippen molar-refractivity contribution in [2.45, 2.75) is 38.9 Å². The minimum atomic E-state index is 0.382. The molecule has 1 aliphatic rings. The molecule has 1 aliphatic heterocycles. The van der Waals surface area contributed by atoms with Crippen molar-refractivity contribution >= 4 is 16.5 Å².